The number of nitrogen functional groups attached to an aromatic ring is 1. The van der Waals surface area contributed by atoms with Crippen molar-refractivity contribution in [3.05, 3.63) is 41.6 Å². The predicted octanol–water partition coefficient (Wildman–Crippen LogP) is 1.48. The van der Waals surface area contributed by atoms with E-state index in [-0.39, 0.29) is 23.5 Å². The Morgan fingerprint density at radius 1 is 1.33 bits per heavy atom. The second kappa shape index (κ2) is 4.87. The summed E-state index contributed by atoms with van der Waals surface area (Å²) >= 11 is 0. The standard InChI is InChI=1S/C12H14N4O2/c1-8(9-6-4-3-5-7-9)16(2)12(17)10-11(13)15-18-14-10/h3-8H,1-2H3,(H2,13,15). The van der Waals surface area contributed by atoms with E-state index >= 15 is 0 Å². The molecular formula is C12H14N4O2. The molecule has 0 bridgehead atoms. The summed E-state index contributed by atoms with van der Waals surface area (Å²) in [4.78, 5) is 13.7. The maximum atomic E-state index is 12.1. The Morgan fingerprint density at radius 3 is 2.56 bits per heavy atom. The molecule has 94 valence electrons. The topological polar surface area (TPSA) is 85.2 Å². The Kier molecular flexibility index (Phi) is 3.27. The fourth-order valence-corrected chi connectivity index (χ4v) is 1.64. The largest absolute Gasteiger partial charge is 0.379 e. The van der Waals surface area contributed by atoms with Gasteiger partial charge in [0.05, 0.1) is 6.04 Å². The van der Waals surface area contributed by atoms with Crippen molar-refractivity contribution in [1.29, 1.82) is 0 Å². The molecular weight excluding hydrogens is 232 g/mol. The minimum Gasteiger partial charge on any atom is -0.379 e. The van der Waals surface area contributed by atoms with Crippen LogP contribution in [-0.4, -0.2) is 28.2 Å². The van der Waals surface area contributed by atoms with Gasteiger partial charge in [0.25, 0.3) is 5.91 Å². The first-order valence-corrected chi connectivity index (χ1v) is 5.51. The van der Waals surface area contributed by atoms with Crippen LogP contribution in [-0.2, 0) is 0 Å². The molecule has 0 aliphatic rings. The molecule has 2 rings (SSSR count). The molecule has 0 saturated carbocycles. The Bertz CT molecular complexity index is 538. The van der Waals surface area contributed by atoms with Crippen LogP contribution in [0.25, 0.3) is 0 Å². The Balaban J connectivity index is 2.20. The molecule has 1 aromatic heterocycles. The number of nitrogens with zero attached hydrogens (tertiary/aromatic N) is 3. The molecule has 0 fully saturated rings. The zero-order valence-corrected chi connectivity index (χ0v) is 10.2. The van der Waals surface area contributed by atoms with Crippen molar-refractivity contribution in [3.8, 4) is 0 Å². The van der Waals surface area contributed by atoms with Crippen LogP contribution >= 0.6 is 0 Å². The second-order valence-corrected chi connectivity index (χ2v) is 4.00. The van der Waals surface area contributed by atoms with Crippen LogP contribution in [0, 0.1) is 0 Å². The summed E-state index contributed by atoms with van der Waals surface area (Å²) < 4.78 is 4.43. The van der Waals surface area contributed by atoms with Gasteiger partial charge in [0.1, 0.15) is 0 Å². The maximum absolute atomic E-state index is 12.1. The molecule has 2 aromatic rings. The first-order chi connectivity index (χ1) is 8.61. The quantitative estimate of drug-likeness (QED) is 0.886. The highest BCUT2D eigenvalue weighted by Gasteiger charge is 2.24. The summed E-state index contributed by atoms with van der Waals surface area (Å²) in [5.41, 5.74) is 6.58. The first kappa shape index (κ1) is 12.1. The zero-order chi connectivity index (χ0) is 13.1. The fourth-order valence-electron chi connectivity index (χ4n) is 1.64. The highest BCUT2D eigenvalue weighted by Crippen LogP contribution is 2.20. The molecule has 0 aliphatic heterocycles. The lowest BCUT2D eigenvalue weighted by atomic mass is 10.1. The van der Waals surface area contributed by atoms with Crippen LogP contribution < -0.4 is 5.73 Å². The molecule has 1 atom stereocenters. The predicted molar refractivity (Wildman–Crippen MR) is 65.7 cm³/mol. The molecule has 6 heteroatoms. The van der Waals surface area contributed by atoms with E-state index in [1.54, 1.807) is 11.9 Å². The summed E-state index contributed by atoms with van der Waals surface area (Å²) in [5.74, 6) is -0.308. The molecule has 0 aliphatic carbocycles. The Labute approximate surface area is 104 Å². The van der Waals surface area contributed by atoms with Crippen molar-refractivity contribution in [2.24, 2.45) is 0 Å². The normalized spacial score (nSPS) is 12.1. The molecule has 1 unspecified atom stereocenters. The number of aromatic nitrogens is 2. The number of rotatable bonds is 3. The molecule has 1 aromatic carbocycles. The molecule has 2 N–H and O–H groups in total. The summed E-state index contributed by atoms with van der Waals surface area (Å²) in [5, 5.41) is 6.91. The minimum atomic E-state index is -0.315. The molecule has 0 saturated heterocycles. The monoisotopic (exact) mass is 246 g/mol. The van der Waals surface area contributed by atoms with Gasteiger partial charge in [-0.15, -0.1) is 0 Å². The Morgan fingerprint density at radius 2 is 2.00 bits per heavy atom. The fraction of sp³-hybridized carbons (Fsp3) is 0.250. The van der Waals surface area contributed by atoms with Gasteiger partial charge in [-0.05, 0) is 22.8 Å². The van der Waals surface area contributed by atoms with Gasteiger partial charge in [-0.25, -0.2) is 4.63 Å². The molecule has 1 amide bonds. The maximum Gasteiger partial charge on any atom is 0.280 e. The van der Waals surface area contributed by atoms with E-state index in [1.165, 1.54) is 0 Å². The van der Waals surface area contributed by atoms with Gasteiger partial charge in [0.2, 0.25) is 11.5 Å². The van der Waals surface area contributed by atoms with E-state index in [2.05, 4.69) is 14.9 Å². The van der Waals surface area contributed by atoms with E-state index < -0.39 is 0 Å². The van der Waals surface area contributed by atoms with E-state index in [1.807, 2.05) is 37.3 Å². The van der Waals surface area contributed by atoms with E-state index in [0.29, 0.717) is 0 Å². The minimum absolute atomic E-state index is 0.00658. The van der Waals surface area contributed by atoms with Gasteiger partial charge in [-0.3, -0.25) is 4.79 Å². The van der Waals surface area contributed by atoms with Crippen LogP contribution in [0.1, 0.15) is 29.0 Å². The number of anilines is 1. The highest BCUT2D eigenvalue weighted by atomic mass is 16.6. The third kappa shape index (κ3) is 2.17. The van der Waals surface area contributed by atoms with Crippen molar-refractivity contribution < 1.29 is 9.42 Å². The number of hydrogen-bond acceptors (Lipinski definition) is 5. The molecule has 0 radical (unpaired) electrons. The lowest BCUT2D eigenvalue weighted by Crippen LogP contribution is -2.30. The second-order valence-electron chi connectivity index (χ2n) is 4.00. The van der Waals surface area contributed by atoms with Gasteiger partial charge >= 0.3 is 0 Å². The van der Waals surface area contributed by atoms with E-state index in [4.69, 9.17) is 5.73 Å². The number of carbonyl (C=O) groups is 1. The SMILES string of the molecule is CC(c1ccccc1)N(C)C(=O)c1nonc1N. The van der Waals surface area contributed by atoms with Crippen LogP contribution in [0.4, 0.5) is 5.82 Å². The van der Waals surface area contributed by atoms with Gasteiger partial charge in [-0.2, -0.15) is 0 Å². The number of nitrogens with two attached hydrogens (primary N) is 1. The molecule has 18 heavy (non-hydrogen) atoms. The van der Waals surface area contributed by atoms with E-state index in [0.717, 1.165) is 5.56 Å². The lowest BCUT2D eigenvalue weighted by Gasteiger charge is -2.24. The summed E-state index contributed by atoms with van der Waals surface area (Å²) in [6.45, 7) is 1.93. The van der Waals surface area contributed by atoms with Crippen LogP contribution in [0.15, 0.2) is 35.0 Å². The third-order valence-corrected chi connectivity index (χ3v) is 2.90. The zero-order valence-electron chi connectivity index (χ0n) is 10.2. The third-order valence-electron chi connectivity index (χ3n) is 2.90. The number of carbonyl (C=O) groups excluding carboxylic acids is 1. The van der Waals surface area contributed by atoms with Crippen molar-refractivity contribution >= 4 is 11.7 Å². The Hall–Kier alpha value is -2.37. The average molecular weight is 246 g/mol. The van der Waals surface area contributed by atoms with Gasteiger partial charge < -0.3 is 10.6 Å². The van der Waals surface area contributed by atoms with Crippen molar-refractivity contribution in [3.63, 3.8) is 0 Å². The number of hydrogen-bond donors (Lipinski definition) is 1. The molecule has 0 spiro atoms. The van der Waals surface area contributed by atoms with Gasteiger partial charge in [0.15, 0.2) is 0 Å². The van der Waals surface area contributed by atoms with Crippen LogP contribution in [0.3, 0.4) is 0 Å². The highest BCUT2D eigenvalue weighted by molar-refractivity contribution is 5.96. The first-order valence-electron chi connectivity index (χ1n) is 5.51. The smallest absolute Gasteiger partial charge is 0.280 e. The average Bonchev–Trinajstić information content (AvgIpc) is 2.83. The molecule has 6 nitrogen and oxygen atoms in total. The van der Waals surface area contributed by atoms with Crippen molar-refractivity contribution in [1.82, 2.24) is 15.2 Å². The summed E-state index contributed by atoms with van der Waals surface area (Å²) in [6, 6.07) is 9.61. The number of benzene rings is 1. The summed E-state index contributed by atoms with van der Waals surface area (Å²) in [7, 11) is 1.69. The lowest BCUT2D eigenvalue weighted by molar-refractivity contribution is 0.0732. The van der Waals surface area contributed by atoms with Crippen molar-refractivity contribution in [2.75, 3.05) is 12.8 Å². The van der Waals surface area contributed by atoms with Gasteiger partial charge in [-0.1, -0.05) is 30.3 Å². The van der Waals surface area contributed by atoms with Gasteiger partial charge in [0, 0.05) is 7.05 Å². The van der Waals surface area contributed by atoms with E-state index in [9.17, 15) is 4.79 Å². The van der Waals surface area contributed by atoms with Crippen molar-refractivity contribution in [2.45, 2.75) is 13.0 Å². The number of amides is 1. The summed E-state index contributed by atoms with van der Waals surface area (Å²) in [6.07, 6.45) is 0. The molecule has 1 heterocycles. The van der Waals surface area contributed by atoms with Crippen LogP contribution in [0.5, 0.6) is 0 Å². The van der Waals surface area contributed by atoms with Crippen LogP contribution in [0.2, 0.25) is 0 Å².